The molecule has 1 atom stereocenters. The maximum absolute atomic E-state index is 9.48. The van der Waals surface area contributed by atoms with Gasteiger partial charge < -0.3 is 38.2 Å². The van der Waals surface area contributed by atoms with E-state index in [1.165, 1.54) is 0 Å². The standard InChI is InChI=1S/C26H32O9P2S/c1-30-23-10-4-20(5-11-23)26(21-6-12-24(31-2)13-7-21,22-8-14-25(32-3)15-9-22)33-16-18-38-19-17-34-37(29)35-36(27)28/h4-15,27-29H,16-19H2,1-3H3. The predicted molar refractivity (Wildman–Crippen MR) is 150 cm³/mol. The van der Waals surface area contributed by atoms with Crippen molar-refractivity contribution in [1.29, 1.82) is 0 Å². The van der Waals surface area contributed by atoms with Crippen molar-refractivity contribution in [3.8, 4) is 17.2 Å². The smallest absolute Gasteiger partial charge is 0.337 e. The van der Waals surface area contributed by atoms with E-state index in [1.807, 2.05) is 72.8 Å². The zero-order valence-electron chi connectivity index (χ0n) is 21.4. The Bertz CT molecular complexity index is 968. The van der Waals surface area contributed by atoms with Crippen molar-refractivity contribution in [2.45, 2.75) is 5.60 Å². The van der Waals surface area contributed by atoms with Gasteiger partial charge in [0.15, 0.2) is 0 Å². The minimum Gasteiger partial charge on any atom is -0.497 e. The van der Waals surface area contributed by atoms with Crippen LogP contribution in [-0.4, -0.2) is 60.7 Å². The molecule has 0 aliphatic rings. The first-order valence-corrected chi connectivity index (χ1v) is 15.0. The molecule has 0 aliphatic heterocycles. The molecule has 0 aliphatic carbocycles. The summed E-state index contributed by atoms with van der Waals surface area (Å²) in [6, 6.07) is 23.4. The Balaban J connectivity index is 1.86. The van der Waals surface area contributed by atoms with Gasteiger partial charge in [-0.1, -0.05) is 36.4 Å². The van der Waals surface area contributed by atoms with Crippen molar-refractivity contribution in [2.75, 3.05) is 46.0 Å². The van der Waals surface area contributed by atoms with Gasteiger partial charge in [-0.3, -0.25) is 0 Å². The van der Waals surface area contributed by atoms with Gasteiger partial charge in [-0.15, -0.1) is 0 Å². The molecule has 12 heteroatoms. The van der Waals surface area contributed by atoms with Crippen molar-refractivity contribution >= 4 is 29.0 Å². The van der Waals surface area contributed by atoms with Crippen LogP contribution in [0.4, 0.5) is 0 Å². The van der Waals surface area contributed by atoms with Crippen LogP contribution in [0.1, 0.15) is 16.7 Å². The maximum Gasteiger partial charge on any atom is 0.337 e. The maximum atomic E-state index is 9.48. The van der Waals surface area contributed by atoms with Gasteiger partial charge in [-0.05, 0) is 53.1 Å². The molecule has 9 nitrogen and oxygen atoms in total. The van der Waals surface area contributed by atoms with Crippen LogP contribution in [0.5, 0.6) is 17.2 Å². The molecule has 0 radical (unpaired) electrons. The monoisotopic (exact) mass is 582 g/mol. The second kappa shape index (κ2) is 15.6. The Morgan fingerprint density at radius 1 is 0.632 bits per heavy atom. The van der Waals surface area contributed by atoms with Gasteiger partial charge in [0.1, 0.15) is 22.8 Å². The van der Waals surface area contributed by atoms with Crippen LogP contribution in [-0.2, 0) is 19.2 Å². The lowest BCUT2D eigenvalue weighted by Crippen LogP contribution is -2.33. The normalized spacial score (nSPS) is 12.4. The molecular formula is C26H32O9P2S. The molecule has 0 bridgehead atoms. The van der Waals surface area contributed by atoms with Gasteiger partial charge >= 0.3 is 17.2 Å². The van der Waals surface area contributed by atoms with Crippen LogP contribution in [0, 0.1) is 0 Å². The van der Waals surface area contributed by atoms with E-state index in [2.05, 4.69) is 4.31 Å². The highest BCUT2D eigenvalue weighted by atomic mass is 32.2. The minimum absolute atomic E-state index is 0.191. The van der Waals surface area contributed by atoms with Gasteiger partial charge in [-0.2, -0.15) is 11.8 Å². The fraction of sp³-hybridized carbons (Fsp3) is 0.308. The molecule has 0 saturated carbocycles. The quantitative estimate of drug-likeness (QED) is 0.118. The van der Waals surface area contributed by atoms with Crippen LogP contribution in [0.25, 0.3) is 0 Å². The van der Waals surface area contributed by atoms with E-state index in [-0.39, 0.29) is 6.61 Å². The molecule has 38 heavy (non-hydrogen) atoms. The SMILES string of the molecule is COc1ccc(C(OCCSCCOP(O)OP(O)O)(c2ccc(OC)cc2)c2ccc(OC)cc2)cc1. The summed E-state index contributed by atoms with van der Waals surface area (Å²) >= 11 is 1.57. The van der Waals surface area contributed by atoms with Crippen molar-refractivity contribution in [3.05, 3.63) is 89.5 Å². The lowest BCUT2D eigenvalue weighted by atomic mass is 9.80. The summed E-state index contributed by atoms with van der Waals surface area (Å²) in [5.74, 6) is 3.42. The Hall–Kier alpha value is -1.97. The van der Waals surface area contributed by atoms with Gasteiger partial charge in [0.2, 0.25) is 0 Å². The van der Waals surface area contributed by atoms with Crippen LogP contribution in [0.2, 0.25) is 0 Å². The molecule has 3 rings (SSSR count). The summed E-state index contributed by atoms with van der Waals surface area (Å²) in [6.45, 7) is 0.592. The second-order valence-electron chi connectivity index (χ2n) is 7.73. The zero-order chi connectivity index (χ0) is 27.4. The fourth-order valence-corrected chi connectivity index (χ4v) is 5.51. The topological polar surface area (TPSA) is 116 Å². The molecule has 0 amide bonds. The summed E-state index contributed by atoms with van der Waals surface area (Å²) < 4.78 is 32.4. The zero-order valence-corrected chi connectivity index (χ0v) is 24.0. The number of rotatable bonds is 16. The Morgan fingerprint density at radius 2 is 1.03 bits per heavy atom. The Morgan fingerprint density at radius 3 is 1.39 bits per heavy atom. The third-order valence-corrected chi connectivity index (χ3v) is 8.07. The molecule has 0 aromatic heterocycles. The molecule has 3 aromatic rings. The van der Waals surface area contributed by atoms with Crippen LogP contribution >= 0.6 is 29.0 Å². The third-order valence-electron chi connectivity index (χ3n) is 5.61. The fourth-order valence-electron chi connectivity index (χ4n) is 3.84. The average Bonchev–Trinajstić information content (AvgIpc) is 2.94. The van der Waals surface area contributed by atoms with Crippen molar-refractivity contribution < 1.29 is 42.5 Å². The third kappa shape index (κ3) is 8.26. The van der Waals surface area contributed by atoms with E-state index >= 15 is 0 Å². The lowest BCUT2D eigenvalue weighted by Gasteiger charge is -2.36. The molecule has 0 heterocycles. The Labute approximate surface area is 229 Å². The molecule has 3 N–H and O–H groups in total. The van der Waals surface area contributed by atoms with Gasteiger partial charge in [0, 0.05) is 11.5 Å². The van der Waals surface area contributed by atoms with Gasteiger partial charge in [0.25, 0.3) is 0 Å². The summed E-state index contributed by atoms with van der Waals surface area (Å²) in [5.41, 5.74) is 1.84. The molecule has 206 valence electrons. The molecule has 0 spiro atoms. The number of hydrogen-bond acceptors (Lipinski definition) is 10. The van der Waals surface area contributed by atoms with E-state index in [4.69, 9.17) is 33.3 Å². The summed E-state index contributed by atoms with van der Waals surface area (Å²) in [5, 5.41) is 0. The average molecular weight is 583 g/mol. The number of benzene rings is 3. The summed E-state index contributed by atoms with van der Waals surface area (Å²) in [6.07, 6.45) is 0. The van der Waals surface area contributed by atoms with E-state index in [0.717, 1.165) is 33.9 Å². The Kier molecular flexibility index (Phi) is 12.5. The van der Waals surface area contributed by atoms with Crippen LogP contribution in [0.15, 0.2) is 72.8 Å². The summed E-state index contributed by atoms with van der Waals surface area (Å²) in [4.78, 5) is 27.0. The van der Waals surface area contributed by atoms with E-state index in [9.17, 15) is 4.89 Å². The van der Waals surface area contributed by atoms with E-state index in [0.29, 0.717) is 18.1 Å². The van der Waals surface area contributed by atoms with Crippen molar-refractivity contribution in [3.63, 3.8) is 0 Å². The molecule has 0 saturated heterocycles. The van der Waals surface area contributed by atoms with E-state index < -0.39 is 22.8 Å². The molecule has 1 unspecified atom stereocenters. The van der Waals surface area contributed by atoms with Crippen LogP contribution in [0.3, 0.4) is 0 Å². The predicted octanol–water partition coefficient (Wildman–Crippen LogP) is 5.22. The minimum atomic E-state index is -2.66. The van der Waals surface area contributed by atoms with Gasteiger partial charge in [-0.25, -0.2) is 4.31 Å². The first kappa shape index (κ1) is 30.6. The molecule has 0 fully saturated rings. The highest BCUT2D eigenvalue weighted by molar-refractivity contribution is 7.99. The number of thioether (sulfide) groups is 1. The first-order chi connectivity index (χ1) is 18.4. The molecule has 3 aromatic carbocycles. The second-order valence-corrected chi connectivity index (χ2v) is 10.9. The lowest BCUT2D eigenvalue weighted by molar-refractivity contribution is 0.0232. The largest absolute Gasteiger partial charge is 0.497 e. The first-order valence-electron chi connectivity index (χ1n) is 11.6. The summed E-state index contributed by atoms with van der Waals surface area (Å²) in [7, 11) is -0.0775. The van der Waals surface area contributed by atoms with Gasteiger partial charge in [0.05, 0.1) is 34.5 Å². The number of methoxy groups -OCH3 is 3. The highest BCUT2D eigenvalue weighted by Gasteiger charge is 2.38. The molecular weight excluding hydrogens is 550 g/mol. The van der Waals surface area contributed by atoms with Crippen molar-refractivity contribution in [2.24, 2.45) is 0 Å². The number of hydrogen-bond donors (Lipinski definition) is 3. The highest BCUT2D eigenvalue weighted by Crippen LogP contribution is 2.46. The van der Waals surface area contributed by atoms with Crippen molar-refractivity contribution in [1.82, 2.24) is 0 Å². The number of ether oxygens (including phenoxy) is 4. The van der Waals surface area contributed by atoms with E-state index in [1.54, 1.807) is 33.1 Å². The van der Waals surface area contributed by atoms with Crippen LogP contribution < -0.4 is 14.2 Å².